The molecule has 204 valence electrons. The zero-order valence-corrected chi connectivity index (χ0v) is 23.7. The van der Waals surface area contributed by atoms with Gasteiger partial charge in [-0.05, 0) is 76.9 Å². The SMILES string of the molecule is CSCC[C@H](NC(=O)OCc1ccccc1)C(=O)N[C@H]1CCC(OC(C)C)C[C@H]1CS(=O)(=O)C(C)C. The third kappa shape index (κ3) is 10.3. The van der Waals surface area contributed by atoms with Crippen LogP contribution >= 0.6 is 11.8 Å². The van der Waals surface area contributed by atoms with E-state index in [0.717, 1.165) is 12.0 Å². The molecular formula is C26H42N2O6S2. The molecular weight excluding hydrogens is 500 g/mol. The molecule has 2 amide bonds. The van der Waals surface area contributed by atoms with E-state index in [1.165, 1.54) is 0 Å². The molecule has 0 aliphatic heterocycles. The van der Waals surface area contributed by atoms with Gasteiger partial charge in [0.1, 0.15) is 12.6 Å². The van der Waals surface area contributed by atoms with Gasteiger partial charge in [0.25, 0.3) is 0 Å². The van der Waals surface area contributed by atoms with Crippen molar-refractivity contribution < 1.29 is 27.5 Å². The minimum atomic E-state index is -3.31. The average molecular weight is 543 g/mol. The molecule has 1 saturated carbocycles. The van der Waals surface area contributed by atoms with Crippen LogP contribution in [0.15, 0.2) is 30.3 Å². The molecule has 0 saturated heterocycles. The summed E-state index contributed by atoms with van der Waals surface area (Å²) in [6.45, 7) is 7.40. The highest BCUT2D eigenvalue weighted by Gasteiger charge is 2.37. The predicted octanol–water partition coefficient (Wildman–Crippen LogP) is 3.94. The molecule has 8 nitrogen and oxygen atoms in total. The van der Waals surface area contributed by atoms with E-state index in [1.54, 1.807) is 25.6 Å². The minimum Gasteiger partial charge on any atom is -0.445 e. The Morgan fingerprint density at radius 1 is 1.11 bits per heavy atom. The van der Waals surface area contributed by atoms with E-state index in [0.29, 0.717) is 25.0 Å². The average Bonchev–Trinajstić information content (AvgIpc) is 2.82. The van der Waals surface area contributed by atoms with Gasteiger partial charge in [-0.25, -0.2) is 13.2 Å². The molecule has 0 bridgehead atoms. The summed E-state index contributed by atoms with van der Waals surface area (Å²) >= 11 is 1.58. The van der Waals surface area contributed by atoms with Crippen molar-refractivity contribution in [3.05, 3.63) is 35.9 Å². The van der Waals surface area contributed by atoms with Crippen molar-refractivity contribution in [1.82, 2.24) is 10.6 Å². The van der Waals surface area contributed by atoms with Crippen LogP contribution in [0.5, 0.6) is 0 Å². The number of rotatable bonds is 13. The first-order valence-electron chi connectivity index (χ1n) is 12.6. The normalized spacial score (nSPS) is 21.2. The quantitative estimate of drug-likeness (QED) is 0.388. The van der Waals surface area contributed by atoms with Crippen molar-refractivity contribution in [3.63, 3.8) is 0 Å². The number of benzene rings is 1. The van der Waals surface area contributed by atoms with Crippen LogP contribution in [0, 0.1) is 5.92 Å². The molecule has 2 rings (SSSR count). The zero-order valence-electron chi connectivity index (χ0n) is 22.1. The number of amides is 2. The first kappa shape index (κ1) is 30.4. The Bertz CT molecular complexity index is 924. The van der Waals surface area contributed by atoms with Crippen LogP contribution in [0.2, 0.25) is 0 Å². The van der Waals surface area contributed by atoms with Gasteiger partial charge in [-0.2, -0.15) is 11.8 Å². The lowest BCUT2D eigenvalue weighted by atomic mass is 9.83. The van der Waals surface area contributed by atoms with Gasteiger partial charge < -0.3 is 20.1 Å². The van der Waals surface area contributed by atoms with Crippen molar-refractivity contribution in [3.8, 4) is 0 Å². The molecule has 1 aromatic rings. The topological polar surface area (TPSA) is 111 Å². The molecule has 1 aliphatic carbocycles. The third-order valence-corrected chi connectivity index (χ3v) is 9.30. The smallest absolute Gasteiger partial charge is 0.408 e. The predicted molar refractivity (Wildman–Crippen MR) is 145 cm³/mol. The van der Waals surface area contributed by atoms with Gasteiger partial charge in [-0.3, -0.25) is 4.79 Å². The second-order valence-corrected chi connectivity index (χ2v) is 13.5. The summed E-state index contributed by atoms with van der Waals surface area (Å²) in [5.41, 5.74) is 0.854. The summed E-state index contributed by atoms with van der Waals surface area (Å²) in [6.07, 6.45) is 3.65. The van der Waals surface area contributed by atoms with Gasteiger partial charge in [0.2, 0.25) is 5.91 Å². The Balaban J connectivity index is 2.06. The molecule has 1 unspecified atom stereocenters. The molecule has 0 aromatic heterocycles. The van der Waals surface area contributed by atoms with E-state index >= 15 is 0 Å². The van der Waals surface area contributed by atoms with Gasteiger partial charge in [-0.1, -0.05) is 30.3 Å². The van der Waals surface area contributed by atoms with Crippen molar-refractivity contribution >= 4 is 33.6 Å². The number of hydrogen-bond acceptors (Lipinski definition) is 7. The highest BCUT2D eigenvalue weighted by atomic mass is 32.2. The molecule has 36 heavy (non-hydrogen) atoms. The molecule has 10 heteroatoms. The van der Waals surface area contributed by atoms with Crippen LogP contribution < -0.4 is 10.6 Å². The van der Waals surface area contributed by atoms with Crippen molar-refractivity contribution in [2.24, 2.45) is 5.92 Å². The van der Waals surface area contributed by atoms with Gasteiger partial charge in [-0.15, -0.1) is 0 Å². The Morgan fingerprint density at radius 2 is 1.81 bits per heavy atom. The number of sulfone groups is 1. The lowest BCUT2D eigenvalue weighted by Gasteiger charge is -2.38. The van der Waals surface area contributed by atoms with Crippen LogP contribution in [0.1, 0.15) is 58.9 Å². The van der Waals surface area contributed by atoms with Crippen molar-refractivity contribution in [1.29, 1.82) is 0 Å². The van der Waals surface area contributed by atoms with Crippen LogP contribution in [-0.4, -0.2) is 67.7 Å². The highest BCUT2D eigenvalue weighted by molar-refractivity contribution is 7.98. The van der Waals surface area contributed by atoms with E-state index in [2.05, 4.69) is 10.6 Å². The summed E-state index contributed by atoms with van der Waals surface area (Å²) < 4.78 is 36.8. The molecule has 1 aliphatic rings. The molecule has 1 fully saturated rings. The molecule has 0 heterocycles. The van der Waals surface area contributed by atoms with E-state index < -0.39 is 27.2 Å². The zero-order chi connectivity index (χ0) is 26.7. The molecule has 2 N–H and O–H groups in total. The number of alkyl carbamates (subject to hydrolysis) is 1. The Kier molecular flexibility index (Phi) is 12.5. The number of ether oxygens (including phenoxy) is 2. The third-order valence-electron chi connectivity index (χ3n) is 6.32. The van der Waals surface area contributed by atoms with E-state index in [9.17, 15) is 18.0 Å². The number of hydrogen-bond donors (Lipinski definition) is 2. The fourth-order valence-electron chi connectivity index (χ4n) is 4.29. The highest BCUT2D eigenvalue weighted by Crippen LogP contribution is 2.30. The van der Waals surface area contributed by atoms with Gasteiger partial charge in [0.05, 0.1) is 23.2 Å². The fourth-order valence-corrected chi connectivity index (χ4v) is 6.11. The van der Waals surface area contributed by atoms with Gasteiger partial charge in [0, 0.05) is 6.04 Å². The molecule has 1 aromatic carbocycles. The minimum absolute atomic E-state index is 0.00437. The maximum absolute atomic E-state index is 13.3. The molecule has 0 spiro atoms. The summed E-state index contributed by atoms with van der Waals surface area (Å²) in [4.78, 5) is 25.7. The molecule has 0 radical (unpaired) electrons. The lowest BCUT2D eigenvalue weighted by molar-refractivity contribution is -0.125. The summed E-state index contributed by atoms with van der Waals surface area (Å²) in [5.74, 6) is 0.0956. The number of carbonyl (C=O) groups excluding carboxylic acids is 2. The largest absolute Gasteiger partial charge is 0.445 e. The van der Waals surface area contributed by atoms with Crippen molar-refractivity contribution in [2.75, 3.05) is 17.8 Å². The first-order chi connectivity index (χ1) is 17.0. The fraction of sp³-hybridized carbons (Fsp3) is 0.692. The summed E-state index contributed by atoms with van der Waals surface area (Å²) in [6, 6.07) is 8.24. The second-order valence-electron chi connectivity index (χ2n) is 9.91. The van der Waals surface area contributed by atoms with Crippen LogP contribution in [0.4, 0.5) is 4.79 Å². The van der Waals surface area contributed by atoms with Gasteiger partial charge >= 0.3 is 6.09 Å². The van der Waals surface area contributed by atoms with Crippen molar-refractivity contribution in [2.45, 2.75) is 89.5 Å². The Labute approximate surface area is 220 Å². The van der Waals surface area contributed by atoms with E-state index in [1.807, 2.05) is 50.4 Å². The van der Waals surface area contributed by atoms with Gasteiger partial charge in [0.15, 0.2) is 9.84 Å². The number of carbonyl (C=O) groups is 2. The van der Waals surface area contributed by atoms with E-state index in [-0.39, 0.29) is 42.4 Å². The lowest BCUT2D eigenvalue weighted by Crippen LogP contribution is -2.54. The second kappa shape index (κ2) is 14.8. The number of nitrogens with one attached hydrogen (secondary N) is 2. The Morgan fingerprint density at radius 3 is 2.42 bits per heavy atom. The first-order valence-corrected chi connectivity index (χ1v) is 15.8. The summed E-state index contributed by atoms with van der Waals surface area (Å²) in [7, 11) is -3.31. The maximum atomic E-state index is 13.3. The van der Waals surface area contributed by atoms with E-state index in [4.69, 9.17) is 9.47 Å². The maximum Gasteiger partial charge on any atom is 0.408 e. The molecule has 4 atom stereocenters. The standard InChI is InChI=1S/C26H42N2O6S2/c1-18(2)34-22-11-12-23(21(15-22)17-36(31,32)19(3)4)27-25(29)24(13-14-35-5)28-26(30)33-16-20-9-7-6-8-10-20/h6-10,18-19,21-24H,11-17H2,1-5H3,(H,27,29)(H,28,30)/t21-,22?,23-,24-/m0/s1. The van der Waals surface area contributed by atoms with Crippen LogP contribution in [-0.2, 0) is 30.7 Å². The summed E-state index contributed by atoms with van der Waals surface area (Å²) in [5, 5.41) is 5.26. The monoisotopic (exact) mass is 542 g/mol. The number of thioether (sulfide) groups is 1. The Hall–Kier alpha value is -1.78. The van der Waals surface area contributed by atoms with Crippen LogP contribution in [0.3, 0.4) is 0 Å². The van der Waals surface area contributed by atoms with Crippen LogP contribution in [0.25, 0.3) is 0 Å².